The number of pyridine rings is 1. The minimum atomic E-state index is -0.657. The number of nitrogens with zero attached hydrogens (tertiary/aromatic N) is 2. The molecule has 0 fully saturated rings. The first-order valence-electron chi connectivity index (χ1n) is 6.79. The summed E-state index contributed by atoms with van der Waals surface area (Å²) in [4.78, 5) is 17.0. The Balaban J connectivity index is 2.53. The van der Waals surface area contributed by atoms with Gasteiger partial charge in [-0.1, -0.05) is 13.0 Å². The van der Waals surface area contributed by atoms with Crippen molar-refractivity contribution in [3.8, 4) is 0 Å². The number of hydrogen-bond acceptors (Lipinski definition) is 3. The van der Waals surface area contributed by atoms with Crippen LogP contribution in [-0.4, -0.2) is 32.5 Å². The molecule has 0 saturated heterocycles. The van der Waals surface area contributed by atoms with Crippen molar-refractivity contribution in [1.29, 1.82) is 0 Å². The third kappa shape index (κ3) is 2.54. The number of carbonyl (C=O) groups excluding carboxylic acids is 1. The molecule has 5 heteroatoms. The van der Waals surface area contributed by atoms with Gasteiger partial charge in [0.15, 0.2) is 0 Å². The highest BCUT2D eigenvalue weighted by Gasteiger charge is 2.25. The van der Waals surface area contributed by atoms with E-state index in [1.165, 1.54) is 0 Å². The van der Waals surface area contributed by atoms with E-state index in [0.717, 1.165) is 16.9 Å². The second kappa shape index (κ2) is 5.25. The summed E-state index contributed by atoms with van der Waals surface area (Å²) in [5.74, 6) is -0.209. The van der Waals surface area contributed by atoms with Gasteiger partial charge in [-0.25, -0.2) is 4.98 Å². The Morgan fingerprint density at radius 2 is 2.20 bits per heavy atom. The number of fused-ring (bicyclic) bond motifs is 1. The fraction of sp³-hybridized carbons (Fsp3) is 0.467. The zero-order valence-electron chi connectivity index (χ0n) is 12.4. The molecule has 0 spiro atoms. The maximum atomic E-state index is 12.5. The number of aryl methyl sites for hydroxylation is 2. The predicted molar refractivity (Wildman–Crippen MR) is 77.9 cm³/mol. The first-order chi connectivity index (χ1) is 9.39. The lowest BCUT2D eigenvalue weighted by atomic mass is 10.1. The topological polar surface area (TPSA) is 66.6 Å². The summed E-state index contributed by atoms with van der Waals surface area (Å²) >= 11 is 0. The Bertz CT molecular complexity index is 644. The van der Waals surface area contributed by atoms with Crippen molar-refractivity contribution in [3.05, 3.63) is 35.3 Å². The standard InChI is InChI=1S/C15H21N3O2/c1-5-11-12(14(20)17-15(3,4)9-19)18-8-6-7-10(2)13(18)16-11/h6-8,19H,5,9H2,1-4H3,(H,17,20). The van der Waals surface area contributed by atoms with Crippen molar-refractivity contribution in [2.75, 3.05) is 6.61 Å². The summed E-state index contributed by atoms with van der Waals surface area (Å²) in [5.41, 5.74) is 2.49. The molecule has 0 atom stereocenters. The van der Waals surface area contributed by atoms with Crippen molar-refractivity contribution < 1.29 is 9.90 Å². The van der Waals surface area contributed by atoms with Crippen molar-refractivity contribution in [2.24, 2.45) is 0 Å². The molecule has 0 radical (unpaired) electrons. The zero-order valence-corrected chi connectivity index (χ0v) is 12.4. The molecule has 0 saturated carbocycles. The summed E-state index contributed by atoms with van der Waals surface area (Å²) < 4.78 is 1.82. The van der Waals surface area contributed by atoms with Crippen molar-refractivity contribution in [3.63, 3.8) is 0 Å². The van der Waals surface area contributed by atoms with Gasteiger partial charge in [0, 0.05) is 6.20 Å². The smallest absolute Gasteiger partial charge is 0.270 e. The Hall–Kier alpha value is -1.88. The van der Waals surface area contributed by atoms with Crippen LogP contribution in [0.3, 0.4) is 0 Å². The Labute approximate surface area is 118 Å². The number of aromatic nitrogens is 2. The van der Waals surface area contributed by atoms with Gasteiger partial charge in [0.25, 0.3) is 5.91 Å². The van der Waals surface area contributed by atoms with Gasteiger partial charge in [-0.05, 0) is 38.8 Å². The maximum absolute atomic E-state index is 12.5. The number of imidazole rings is 1. The molecule has 2 aromatic heterocycles. The van der Waals surface area contributed by atoms with Gasteiger partial charge in [-0.3, -0.25) is 9.20 Å². The van der Waals surface area contributed by atoms with Crippen LogP contribution in [0.4, 0.5) is 0 Å². The van der Waals surface area contributed by atoms with E-state index < -0.39 is 5.54 Å². The van der Waals surface area contributed by atoms with Crippen molar-refractivity contribution in [2.45, 2.75) is 39.7 Å². The van der Waals surface area contributed by atoms with Crippen LogP contribution in [0.25, 0.3) is 5.65 Å². The molecule has 108 valence electrons. The number of aliphatic hydroxyl groups is 1. The van der Waals surface area contributed by atoms with Crippen LogP contribution >= 0.6 is 0 Å². The van der Waals surface area contributed by atoms with Gasteiger partial charge in [0.1, 0.15) is 11.3 Å². The van der Waals surface area contributed by atoms with E-state index in [2.05, 4.69) is 10.3 Å². The highest BCUT2D eigenvalue weighted by Crippen LogP contribution is 2.17. The molecule has 2 heterocycles. The summed E-state index contributed by atoms with van der Waals surface area (Å²) in [6.45, 7) is 7.40. The van der Waals surface area contributed by atoms with E-state index in [1.807, 2.05) is 36.6 Å². The summed E-state index contributed by atoms with van der Waals surface area (Å²) in [5, 5.41) is 12.1. The molecule has 0 aliphatic carbocycles. The number of nitrogens with one attached hydrogen (secondary N) is 1. The predicted octanol–water partition coefficient (Wildman–Crippen LogP) is 1.71. The fourth-order valence-corrected chi connectivity index (χ4v) is 2.14. The number of rotatable bonds is 4. The lowest BCUT2D eigenvalue weighted by Crippen LogP contribution is -2.46. The van der Waals surface area contributed by atoms with Gasteiger partial charge in [-0.15, -0.1) is 0 Å². The average molecular weight is 275 g/mol. The molecule has 0 bridgehead atoms. The number of aliphatic hydroxyl groups excluding tert-OH is 1. The maximum Gasteiger partial charge on any atom is 0.270 e. The molecule has 0 aromatic carbocycles. The molecule has 0 unspecified atom stereocenters. The summed E-state index contributed by atoms with van der Waals surface area (Å²) in [6.07, 6.45) is 2.53. The quantitative estimate of drug-likeness (QED) is 0.892. The third-order valence-electron chi connectivity index (χ3n) is 3.31. The lowest BCUT2D eigenvalue weighted by molar-refractivity contribution is 0.0862. The van der Waals surface area contributed by atoms with Crippen molar-refractivity contribution in [1.82, 2.24) is 14.7 Å². The minimum absolute atomic E-state index is 0.115. The monoisotopic (exact) mass is 275 g/mol. The first-order valence-corrected chi connectivity index (χ1v) is 6.79. The SMILES string of the molecule is CCc1nc2c(C)cccn2c1C(=O)NC(C)(C)CO. The Morgan fingerprint density at radius 1 is 1.50 bits per heavy atom. The molecular weight excluding hydrogens is 254 g/mol. The molecule has 20 heavy (non-hydrogen) atoms. The average Bonchev–Trinajstić information content (AvgIpc) is 2.78. The Morgan fingerprint density at radius 3 is 2.80 bits per heavy atom. The van der Waals surface area contributed by atoms with E-state index in [4.69, 9.17) is 0 Å². The largest absolute Gasteiger partial charge is 0.394 e. The van der Waals surface area contributed by atoms with Crippen LogP contribution < -0.4 is 5.32 Å². The molecule has 0 aliphatic heterocycles. The summed E-state index contributed by atoms with van der Waals surface area (Å²) in [6, 6.07) is 3.87. The van der Waals surface area contributed by atoms with E-state index in [-0.39, 0.29) is 12.5 Å². The van der Waals surface area contributed by atoms with Gasteiger partial charge >= 0.3 is 0 Å². The van der Waals surface area contributed by atoms with E-state index in [9.17, 15) is 9.90 Å². The van der Waals surface area contributed by atoms with Crippen LogP contribution in [-0.2, 0) is 6.42 Å². The minimum Gasteiger partial charge on any atom is -0.394 e. The fourth-order valence-electron chi connectivity index (χ4n) is 2.14. The van der Waals surface area contributed by atoms with Crippen molar-refractivity contribution >= 4 is 11.6 Å². The normalized spacial score (nSPS) is 11.8. The summed E-state index contributed by atoms with van der Waals surface area (Å²) in [7, 11) is 0. The highest BCUT2D eigenvalue weighted by molar-refractivity contribution is 5.95. The molecule has 2 aromatic rings. The van der Waals surface area contributed by atoms with Crippen LogP contribution in [0.5, 0.6) is 0 Å². The Kier molecular flexibility index (Phi) is 3.81. The van der Waals surface area contributed by atoms with E-state index in [1.54, 1.807) is 13.8 Å². The van der Waals surface area contributed by atoms with Crippen LogP contribution in [0.2, 0.25) is 0 Å². The first kappa shape index (κ1) is 14.5. The molecule has 5 nitrogen and oxygen atoms in total. The third-order valence-corrected chi connectivity index (χ3v) is 3.31. The van der Waals surface area contributed by atoms with Gasteiger partial charge in [0.05, 0.1) is 17.8 Å². The molecule has 1 amide bonds. The van der Waals surface area contributed by atoms with Crippen LogP contribution in [0.15, 0.2) is 18.3 Å². The van der Waals surface area contributed by atoms with Gasteiger partial charge < -0.3 is 10.4 Å². The lowest BCUT2D eigenvalue weighted by Gasteiger charge is -2.23. The number of hydrogen-bond donors (Lipinski definition) is 2. The van der Waals surface area contributed by atoms with Crippen LogP contribution in [0, 0.1) is 6.92 Å². The molecule has 2 N–H and O–H groups in total. The van der Waals surface area contributed by atoms with E-state index in [0.29, 0.717) is 12.1 Å². The second-order valence-corrected chi connectivity index (χ2v) is 5.64. The number of carbonyl (C=O) groups is 1. The second-order valence-electron chi connectivity index (χ2n) is 5.64. The molecule has 0 aliphatic rings. The zero-order chi connectivity index (χ0) is 14.9. The number of amides is 1. The molecular formula is C15H21N3O2. The molecule has 2 rings (SSSR count). The van der Waals surface area contributed by atoms with Gasteiger partial charge in [-0.2, -0.15) is 0 Å². The highest BCUT2D eigenvalue weighted by atomic mass is 16.3. The van der Waals surface area contributed by atoms with Crippen LogP contribution in [0.1, 0.15) is 42.5 Å². The van der Waals surface area contributed by atoms with Gasteiger partial charge in [0.2, 0.25) is 0 Å². The van der Waals surface area contributed by atoms with E-state index >= 15 is 0 Å².